The van der Waals surface area contributed by atoms with Gasteiger partial charge in [0.15, 0.2) is 4.90 Å². The van der Waals surface area contributed by atoms with Crippen LogP contribution >= 0.6 is 0 Å². The molecule has 262 valence electrons. The lowest BCUT2D eigenvalue weighted by atomic mass is 9.90. The molecule has 0 aliphatic carbocycles. The fourth-order valence-corrected chi connectivity index (χ4v) is 10.4. The van der Waals surface area contributed by atoms with Gasteiger partial charge in [0.2, 0.25) is 20.0 Å². The number of amides is 1. The van der Waals surface area contributed by atoms with E-state index in [0.29, 0.717) is 17.8 Å². The van der Waals surface area contributed by atoms with Crippen LogP contribution in [0, 0.1) is 15.9 Å². The number of para-hydroxylation sites is 1. The Hall–Kier alpha value is -3.97. The average Bonchev–Trinajstić information content (AvgIpc) is 3.08. The number of nitrogens with zero attached hydrogens (tertiary/aromatic N) is 4. The maximum Gasteiger partial charge on any atom is 0.522 e. The second-order valence-corrected chi connectivity index (χ2v) is 16.0. The number of hydrogen-bond donors (Lipinski definition) is 0. The van der Waals surface area contributed by atoms with Crippen molar-refractivity contribution >= 4 is 37.5 Å². The summed E-state index contributed by atoms with van der Waals surface area (Å²) in [6.07, 6.45) is -4.91. The highest BCUT2D eigenvalue weighted by molar-refractivity contribution is 7.89. The first-order chi connectivity index (χ1) is 23.1. The van der Waals surface area contributed by atoms with Crippen LogP contribution in [-0.4, -0.2) is 74.7 Å². The molecule has 3 aliphatic rings. The average molecular weight is 728 g/mol. The number of halogens is 4. The third-order valence-corrected chi connectivity index (χ3v) is 13.4. The number of quaternary nitrogens is 1. The van der Waals surface area contributed by atoms with Gasteiger partial charge in [-0.05, 0) is 36.4 Å². The Morgan fingerprint density at radius 1 is 0.816 bits per heavy atom. The molecule has 12 nitrogen and oxygen atoms in total. The summed E-state index contributed by atoms with van der Waals surface area (Å²) in [5.74, 6) is -0.700. The summed E-state index contributed by atoms with van der Waals surface area (Å²) in [5, 5.41) is 11.7. The SMILES string of the molecule is O=C1OCc2ccccc2[N+]1(C1CCN(S(=O)(=O)c2cccc(F)c2)CC1)C1CCN(S(=O)(=O)c2ccc(C(F)(F)F)cc2[N+](=O)[O-])CC1. The minimum atomic E-state index is -4.93. The van der Waals surface area contributed by atoms with Crippen molar-refractivity contribution in [2.24, 2.45) is 0 Å². The largest absolute Gasteiger partial charge is 0.522 e. The number of carbonyl (C=O) groups excluding carboxylic acids is 1. The number of rotatable bonds is 7. The van der Waals surface area contributed by atoms with Crippen molar-refractivity contribution in [1.82, 2.24) is 13.1 Å². The fourth-order valence-electron chi connectivity index (χ4n) is 7.28. The summed E-state index contributed by atoms with van der Waals surface area (Å²) in [6, 6.07) is 12.0. The van der Waals surface area contributed by atoms with Gasteiger partial charge in [-0.15, -0.1) is 0 Å². The predicted molar refractivity (Wildman–Crippen MR) is 166 cm³/mol. The van der Waals surface area contributed by atoms with Gasteiger partial charge in [0.25, 0.3) is 5.69 Å². The Labute approximate surface area is 279 Å². The maximum atomic E-state index is 14.0. The van der Waals surface area contributed by atoms with Gasteiger partial charge in [0.1, 0.15) is 30.2 Å². The Morgan fingerprint density at radius 3 is 1.98 bits per heavy atom. The molecule has 49 heavy (non-hydrogen) atoms. The standard InChI is InChI=1S/C31H31F4N4O8S2/c32-23-5-3-6-26(19-23)48(43,44)36-14-10-24(11-15-36)39(28-7-2-1-4-21(28)20-47-30(39)40)25-12-16-37(17-13-25)49(45,46)29-9-8-22(31(33,34)35)18-27(29)38(41)42/h1-9,18-19,24-25H,10-17,20H2/q+1. The molecule has 0 bridgehead atoms. The van der Waals surface area contributed by atoms with E-state index in [1.165, 1.54) is 16.4 Å². The number of nitro benzene ring substituents is 1. The molecule has 0 aromatic heterocycles. The summed E-state index contributed by atoms with van der Waals surface area (Å²) in [5.41, 5.74) is -1.19. The fraction of sp³-hybridized carbons (Fsp3) is 0.387. The Bertz CT molecular complexity index is 2010. The number of benzene rings is 3. The molecule has 6 rings (SSSR count). The van der Waals surface area contributed by atoms with Crippen molar-refractivity contribution in [1.29, 1.82) is 0 Å². The molecule has 3 aromatic rings. The van der Waals surface area contributed by atoms with E-state index >= 15 is 0 Å². The number of hydrogen-bond acceptors (Lipinski definition) is 8. The summed E-state index contributed by atoms with van der Waals surface area (Å²) in [4.78, 5) is 23.5. The predicted octanol–water partition coefficient (Wildman–Crippen LogP) is 5.42. The highest BCUT2D eigenvalue weighted by Gasteiger charge is 2.58. The number of alkyl halides is 3. The van der Waals surface area contributed by atoms with E-state index in [0.717, 1.165) is 22.0 Å². The third kappa shape index (κ3) is 6.09. The Morgan fingerprint density at radius 2 is 1.41 bits per heavy atom. The highest BCUT2D eigenvalue weighted by Crippen LogP contribution is 2.45. The molecule has 0 N–H and O–H groups in total. The van der Waals surface area contributed by atoms with E-state index < -0.39 is 71.3 Å². The molecule has 0 spiro atoms. The number of nitro groups is 1. The Kier molecular flexibility index (Phi) is 9.06. The zero-order chi connectivity index (χ0) is 35.4. The van der Waals surface area contributed by atoms with Crippen LogP contribution in [0.4, 0.5) is 33.7 Å². The van der Waals surface area contributed by atoms with Gasteiger partial charge in [0.05, 0.1) is 20.9 Å². The van der Waals surface area contributed by atoms with Crippen molar-refractivity contribution in [2.45, 2.75) is 60.3 Å². The molecule has 0 saturated carbocycles. The molecule has 2 saturated heterocycles. The van der Waals surface area contributed by atoms with Gasteiger partial charge < -0.3 is 4.74 Å². The van der Waals surface area contributed by atoms with E-state index in [4.69, 9.17) is 4.74 Å². The Balaban J connectivity index is 1.29. The number of ether oxygens (including phenoxy) is 1. The smallest absolute Gasteiger partial charge is 0.415 e. The molecular weight excluding hydrogens is 696 g/mol. The van der Waals surface area contributed by atoms with Gasteiger partial charge in [-0.2, -0.15) is 31.1 Å². The van der Waals surface area contributed by atoms with E-state index in [-0.39, 0.29) is 73.9 Å². The minimum Gasteiger partial charge on any atom is -0.415 e. The molecule has 1 unspecified atom stereocenters. The number of fused-ring (bicyclic) bond motifs is 1. The summed E-state index contributed by atoms with van der Waals surface area (Å²) in [6.45, 7) is -0.360. The van der Waals surface area contributed by atoms with Gasteiger partial charge in [-0.3, -0.25) is 10.1 Å². The first-order valence-electron chi connectivity index (χ1n) is 15.3. The topological polar surface area (TPSA) is 144 Å². The lowest BCUT2D eigenvalue weighted by molar-refractivity contribution is -0.388. The molecule has 18 heteroatoms. The first kappa shape index (κ1) is 34.9. The number of cyclic esters (lactones) is 1. The van der Waals surface area contributed by atoms with Gasteiger partial charge in [0, 0.05) is 64.0 Å². The highest BCUT2D eigenvalue weighted by atomic mass is 32.2. The first-order valence-corrected chi connectivity index (χ1v) is 18.2. The molecule has 3 heterocycles. The summed E-state index contributed by atoms with van der Waals surface area (Å²) in [7, 11) is -8.67. The van der Waals surface area contributed by atoms with Crippen molar-refractivity contribution < 1.29 is 48.9 Å². The van der Waals surface area contributed by atoms with Crippen molar-refractivity contribution in [3.8, 4) is 0 Å². The quantitative estimate of drug-likeness (QED) is 0.136. The zero-order valence-electron chi connectivity index (χ0n) is 25.8. The van der Waals surface area contributed by atoms with E-state index in [1.807, 2.05) is 6.07 Å². The van der Waals surface area contributed by atoms with Gasteiger partial charge in [-0.25, -0.2) is 21.2 Å². The molecule has 1 atom stereocenters. The van der Waals surface area contributed by atoms with E-state index in [1.54, 1.807) is 18.2 Å². The van der Waals surface area contributed by atoms with Crippen LogP contribution in [0.15, 0.2) is 76.5 Å². The second-order valence-electron chi connectivity index (χ2n) is 12.1. The van der Waals surface area contributed by atoms with E-state index in [2.05, 4.69) is 0 Å². The second kappa shape index (κ2) is 12.7. The summed E-state index contributed by atoms with van der Waals surface area (Å²) >= 11 is 0. The van der Waals surface area contributed by atoms with Crippen LogP contribution in [0.1, 0.15) is 36.8 Å². The number of piperidine rings is 2. The van der Waals surface area contributed by atoms with Crippen molar-refractivity contribution in [2.75, 3.05) is 26.2 Å². The zero-order valence-corrected chi connectivity index (χ0v) is 27.4. The minimum absolute atomic E-state index is 0.00656. The normalized spacial score (nSPS) is 22.0. The van der Waals surface area contributed by atoms with Crippen LogP contribution in [0.3, 0.4) is 0 Å². The lowest BCUT2D eigenvalue weighted by Gasteiger charge is -2.51. The molecule has 0 radical (unpaired) electrons. The van der Waals surface area contributed by atoms with Gasteiger partial charge >= 0.3 is 12.3 Å². The molecule has 3 aromatic carbocycles. The molecular formula is C31H31F4N4O8S2+. The lowest BCUT2D eigenvalue weighted by Crippen LogP contribution is -2.71. The number of sulfonamides is 2. The maximum absolute atomic E-state index is 14.0. The van der Waals surface area contributed by atoms with Crippen LogP contribution in [-0.2, 0) is 37.6 Å². The van der Waals surface area contributed by atoms with Gasteiger partial charge in [-0.1, -0.05) is 18.2 Å². The van der Waals surface area contributed by atoms with E-state index in [9.17, 15) is 49.3 Å². The number of carbonyl (C=O) groups is 1. The van der Waals surface area contributed by atoms with Crippen LogP contribution in [0.5, 0.6) is 0 Å². The van der Waals surface area contributed by atoms with Crippen molar-refractivity contribution in [3.05, 3.63) is 93.8 Å². The summed E-state index contributed by atoms with van der Waals surface area (Å²) < 4.78 is 115. The molecule has 3 aliphatic heterocycles. The van der Waals surface area contributed by atoms with Crippen LogP contribution in [0.2, 0.25) is 0 Å². The van der Waals surface area contributed by atoms with Crippen LogP contribution in [0.25, 0.3) is 0 Å². The van der Waals surface area contributed by atoms with Crippen LogP contribution < -0.4 is 4.48 Å². The molecule has 1 amide bonds. The monoisotopic (exact) mass is 727 g/mol. The third-order valence-electron chi connectivity index (χ3n) is 9.58. The molecule has 2 fully saturated rings. The van der Waals surface area contributed by atoms with Crippen molar-refractivity contribution in [3.63, 3.8) is 0 Å².